The fourth-order valence-corrected chi connectivity index (χ4v) is 3.42. The third-order valence-electron chi connectivity index (χ3n) is 4.63. The molecule has 1 aliphatic rings. The predicted molar refractivity (Wildman–Crippen MR) is 118 cm³/mol. The Hall–Kier alpha value is -1.66. The summed E-state index contributed by atoms with van der Waals surface area (Å²) in [6, 6.07) is 4.86. The summed E-state index contributed by atoms with van der Waals surface area (Å²) in [7, 11) is 0. The number of amides is 2. The van der Waals surface area contributed by atoms with E-state index >= 15 is 0 Å². The molecule has 1 aliphatic heterocycles. The van der Waals surface area contributed by atoms with Crippen LogP contribution in [-0.4, -0.2) is 54.7 Å². The summed E-state index contributed by atoms with van der Waals surface area (Å²) in [4.78, 5) is 29.4. The number of alkyl carbamates (subject to hydrolysis) is 1. The highest BCUT2D eigenvalue weighted by Crippen LogP contribution is 2.28. The van der Waals surface area contributed by atoms with Crippen molar-refractivity contribution in [2.24, 2.45) is 5.41 Å². The van der Waals surface area contributed by atoms with Crippen LogP contribution in [0.1, 0.15) is 41.5 Å². The quantitative estimate of drug-likeness (QED) is 0.742. The molecule has 0 aliphatic carbocycles. The van der Waals surface area contributed by atoms with Gasteiger partial charge in [0.25, 0.3) is 0 Å². The van der Waals surface area contributed by atoms with Gasteiger partial charge >= 0.3 is 6.09 Å². The highest BCUT2D eigenvalue weighted by molar-refractivity contribution is 6.42. The molecule has 0 unspecified atom stereocenters. The molecule has 1 aromatic carbocycles. The van der Waals surface area contributed by atoms with Gasteiger partial charge < -0.3 is 19.9 Å². The van der Waals surface area contributed by atoms with Crippen molar-refractivity contribution in [1.82, 2.24) is 10.2 Å². The van der Waals surface area contributed by atoms with Crippen LogP contribution in [0.25, 0.3) is 0 Å². The van der Waals surface area contributed by atoms with Gasteiger partial charge in [-0.3, -0.25) is 4.79 Å². The lowest BCUT2D eigenvalue weighted by Gasteiger charge is -2.40. The summed E-state index contributed by atoms with van der Waals surface area (Å²) >= 11 is 12.1. The van der Waals surface area contributed by atoms with Crippen molar-refractivity contribution in [3.8, 4) is 0 Å². The molecular weight excluding hydrogens is 413 g/mol. The number of nitrogens with one attached hydrogen (secondary N) is 1. The molecule has 8 heteroatoms. The van der Waals surface area contributed by atoms with E-state index in [4.69, 9.17) is 27.9 Å². The molecule has 0 radical (unpaired) electrons. The van der Waals surface area contributed by atoms with Crippen LogP contribution in [0.3, 0.4) is 0 Å². The lowest BCUT2D eigenvalue weighted by Crippen LogP contribution is -2.59. The summed E-state index contributed by atoms with van der Waals surface area (Å²) in [5, 5.41) is 3.80. The number of carbonyl (C=O) groups is 2. The van der Waals surface area contributed by atoms with Crippen molar-refractivity contribution in [3.05, 3.63) is 28.2 Å². The first-order valence-corrected chi connectivity index (χ1v) is 10.5. The van der Waals surface area contributed by atoms with Crippen LogP contribution >= 0.6 is 23.2 Å². The van der Waals surface area contributed by atoms with E-state index in [-0.39, 0.29) is 5.91 Å². The highest BCUT2D eigenvalue weighted by atomic mass is 35.5. The largest absolute Gasteiger partial charge is 0.444 e. The Kier molecular flexibility index (Phi) is 7.33. The topological polar surface area (TPSA) is 61.9 Å². The van der Waals surface area contributed by atoms with E-state index < -0.39 is 23.2 Å². The maximum absolute atomic E-state index is 13.2. The Morgan fingerprint density at radius 1 is 1.00 bits per heavy atom. The smallest absolute Gasteiger partial charge is 0.408 e. The van der Waals surface area contributed by atoms with Crippen LogP contribution in [-0.2, 0) is 9.53 Å². The Balaban J connectivity index is 2.03. The molecule has 0 spiro atoms. The van der Waals surface area contributed by atoms with Crippen molar-refractivity contribution in [2.75, 3.05) is 31.1 Å². The van der Waals surface area contributed by atoms with Crippen molar-refractivity contribution in [2.45, 2.75) is 53.2 Å². The van der Waals surface area contributed by atoms with Crippen LogP contribution in [0.4, 0.5) is 10.5 Å². The molecule has 0 bridgehead atoms. The van der Waals surface area contributed by atoms with Crippen LogP contribution in [0, 0.1) is 5.41 Å². The van der Waals surface area contributed by atoms with E-state index in [0.717, 1.165) is 5.69 Å². The van der Waals surface area contributed by atoms with Gasteiger partial charge in [0.05, 0.1) is 10.0 Å². The zero-order valence-corrected chi connectivity index (χ0v) is 19.5. The Morgan fingerprint density at radius 3 is 2.07 bits per heavy atom. The number of nitrogens with zero attached hydrogens (tertiary/aromatic N) is 2. The molecule has 1 N–H and O–H groups in total. The van der Waals surface area contributed by atoms with Crippen LogP contribution in [0.5, 0.6) is 0 Å². The van der Waals surface area contributed by atoms with Crippen molar-refractivity contribution >= 4 is 40.9 Å². The van der Waals surface area contributed by atoms with Crippen molar-refractivity contribution < 1.29 is 14.3 Å². The zero-order valence-electron chi connectivity index (χ0n) is 18.0. The van der Waals surface area contributed by atoms with Gasteiger partial charge in [0.2, 0.25) is 5.91 Å². The van der Waals surface area contributed by atoms with Gasteiger partial charge in [-0.15, -0.1) is 0 Å². The molecule has 1 saturated heterocycles. The van der Waals surface area contributed by atoms with Gasteiger partial charge in [-0.25, -0.2) is 4.79 Å². The summed E-state index contributed by atoms with van der Waals surface area (Å²) in [5.74, 6) is -0.0999. The van der Waals surface area contributed by atoms with E-state index in [2.05, 4.69) is 10.2 Å². The summed E-state index contributed by atoms with van der Waals surface area (Å²) in [6.07, 6.45) is -0.583. The number of piperazine rings is 1. The maximum Gasteiger partial charge on any atom is 0.408 e. The molecular formula is C21H31Cl2N3O3. The number of ether oxygens (including phenoxy) is 1. The molecule has 162 valence electrons. The van der Waals surface area contributed by atoms with Gasteiger partial charge in [0.15, 0.2) is 0 Å². The number of carbonyl (C=O) groups excluding carboxylic acids is 2. The molecule has 1 aromatic rings. The normalized spacial score (nSPS) is 16.4. The predicted octanol–water partition coefficient (Wildman–Crippen LogP) is 4.58. The average molecular weight is 444 g/mol. The minimum absolute atomic E-state index is 0.0999. The van der Waals surface area contributed by atoms with Gasteiger partial charge in [-0.2, -0.15) is 0 Å². The molecule has 1 heterocycles. The number of rotatable bonds is 3. The Labute approximate surface area is 183 Å². The molecule has 6 nitrogen and oxygen atoms in total. The number of halogens is 2. The minimum Gasteiger partial charge on any atom is -0.444 e. The van der Waals surface area contributed by atoms with E-state index in [0.29, 0.717) is 36.2 Å². The van der Waals surface area contributed by atoms with Gasteiger partial charge in [0, 0.05) is 31.9 Å². The first-order chi connectivity index (χ1) is 13.3. The Bertz CT molecular complexity index is 749. The van der Waals surface area contributed by atoms with Gasteiger partial charge in [-0.1, -0.05) is 44.0 Å². The van der Waals surface area contributed by atoms with Gasteiger partial charge in [-0.05, 0) is 44.4 Å². The van der Waals surface area contributed by atoms with E-state index in [1.165, 1.54) is 0 Å². The first-order valence-electron chi connectivity index (χ1n) is 9.76. The summed E-state index contributed by atoms with van der Waals surface area (Å²) in [6.45, 7) is 13.6. The fraction of sp³-hybridized carbons (Fsp3) is 0.619. The second kappa shape index (κ2) is 9.00. The first kappa shape index (κ1) is 23.6. The second-order valence-electron chi connectivity index (χ2n) is 9.36. The monoisotopic (exact) mass is 443 g/mol. The van der Waals surface area contributed by atoms with E-state index in [9.17, 15) is 9.59 Å². The maximum atomic E-state index is 13.2. The third-order valence-corrected chi connectivity index (χ3v) is 5.37. The Morgan fingerprint density at radius 2 is 1.59 bits per heavy atom. The average Bonchev–Trinajstić information content (AvgIpc) is 2.59. The minimum atomic E-state index is -0.672. The highest BCUT2D eigenvalue weighted by Gasteiger charge is 2.37. The van der Waals surface area contributed by atoms with Crippen LogP contribution < -0.4 is 10.2 Å². The molecule has 0 saturated carbocycles. The second-order valence-corrected chi connectivity index (χ2v) is 10.2. The summed E-state index contributed by atoms with van der Waals surface area (Å²) in [5.41, 5.74) is -0.0960. The van der Waals surface area contributed by atoms with Crippen LogP contribution in [0.2, 0.25) is 10.0 Å². The zero-order chi connectivity index (χ0) is 22.0. The third kappa shape index (κ3) is 6.68. The number of anilines is 1. The number of benzene rings is 1. The molecule has 1 atom stereocenters. The lowest BCUT2D eigenvalue weighted by molar-refractivity contribution is -0.136. The lowest BCUT2D eigenvalue weighted by atomic mass is 9.85. The number of hydrogen-bond donors (Lipinski definition) is 1. The van der Waals surface area contributed by atoms with Gasteiger partial charge in [0.1, 0.15) is 11.6 Å². The van der Waals surface area contributed by atoms with Crippen molar-refractivity contribution in [3.63, 3.8) is 0 Å². The fourth-order valence-electron chi connectivity index (χ4n) is 3.12. The SMILES string of the molecule is CC(C)(C)OC(=O)N[C@@H](C(=O)N1CCN(c2ccc(Cl)c(Cl)c2)CC1)C(C)(C)C. The molecule has 29 heavy (non-hydrogen) atoms. The van der Waals surface area contributed by atoms with Crippen LogP contribution in [0.15, 0.2) is 18.2 Å². The van der Waals surface area contributed by atoms with E-state index in [1.807, 2.05) is 32.9 Å². The summed E-state index contributed by atoms with van der Waals surface area (Å²) < 4.78 is 5.34. The molecule has 2 rings (SSSR count). The molecule has 2 amide bonds. The molecule has 1 fully saturated rings. The molecule has 0 aromatic heterocycles. The number of hydrogen-bond acceptors (Lipinski definition) is 4. The standard InChI is InChI=1S/C21H31Cl2N3O3/c1-20(2,3)17(24-19(28)29-21(4,5)6)18(27)26-11-9-25(10-12-26)14-7-8-15(22)16(23)13-14/h7-8,13,17H,9-12H2,1-6H3,(H,24,28)/t17-/m0/s1. The van der Waals surface area contributed by atoms with E-state index in [1.54, 1.807) is 31.7 Å². The van der Waals surface area contributed by atoms with Crippen molar-refractivity contribution in [1.29, 1.82) is 0 Å².